The van der Waals surface area contributed by atoms with E-state index in [1.54, 1.807) is 0 Å². The molecule has 0 radical (unpaired) electrons. The van der Waals surface area contributed by atoms with Gasteiger partial charge < -0.3 is 5.73 Å². The van der Waals surface area contributed by atoms with Crippen LogP contribution in [0.3, 0.4) is 0 Å². The SMILES string of the molecule is NC(CCCc1cccs1)Cc1cccc2ccccc12. The summed E-state index contributed by atoms with van der Waals surface area (Å²) in [6.07, 6.45) is 4.38. The van der Waals surface area contributed by atoms with E-state index < -0.39 is 0 Å². The van der Waals surface area contributed by atoms with Gasteiger partial charge in [0.05, 0.1) is 0 Å². The number of thiophene rings is 1. The molecule has 0 bridgehead atoms. The lowest BCUT2D eigenvalue weighted by molar-refractivity contribution is 0.583. The van der Waals surface area contributed by atoms with Crippen molar-refractivity contribution in [3.63, 3.8) is 0 Å². The summed E-state index contributed by atoms with van der Waals surface area (Å²) in [7, 11) is 0. The average molecular weight is 295 g/mol. The largest absolute Gasteiger partial charge is 0.327 e. The molecule has 0 spiro atoms. The van der Waals surface area contributed by atoms with Gasteiger partial charge in [0.1, 0.15) is 0 Å². The molecular formula is C19H21NS. The van der Waals surface area contributed by atoms with E-state index in [9.17, 15) is 0 Å². The highest BCUT2D eigenvalue weighted by Crippen LogP contribution is 2.20. The fourth-order valence-electron chi connectivity index (χ4n) is 2.85. The molecule has 2 N–H and O–H groups in total. The van der Waals surface area contributed by atoms with Crippen molar-refractivity contribution in [2.24, 2.45) is 5.73 Å². The van der Waals surface area contributed by atoms with Gasteiger partial charge in [0.25, 0.3) is 0 Å². The molecule has 0 saturated carbocycles. The molecule has 3 aromatic rings. The van der Waals surface area contributed by atoms with E-state index in [0.29, 0.717) is 0 Å². The maximum Gasteiger partial charge on any atom is 0.00796 e. The Morgan fingerprint density at radius 2 is 1.81 bits per heavy atom. The standard InChI is InChI=1S/C19H21NS/c20-17(9-4-10-18-11-5-13-21-18)14-16-8-3-7-15-6-1-2-12-19(15)16/h1-3,5-8,11-13,17H,4,9-10,14,20H2. The number of hydrogen-bond acceptors (Lipinski definition) is 2. The zero-order valence-corrected chi connectivity index (χ0v) is 13.0. The van der Waals surface area contributed by atoms with Crippen molar-refractivity contribution in [2.75, 3.05) is 0 Å². The van der Waals surface area contributed by atoms with Gasteiger partial charge in [0.15, 0.2) is 0 Å². The van der Waals surface area contributed by atoms with Crippen molar-refractivity contribution < 1.29 is 0 Å². The molecule has 1 aromatic heterocycles. The monoisotopic (exact) mass is 295 g/mol. The molecule has 0 fully saturated rings. The maximum atomic E-state index is 6.34. The molecule has 1 unspecified atom stereocenters. The summed E-state index contributed by atoms with van der Waals surface area (Å²) < 4.78 is 0. The predicted octanol–water partition coefficient (Wildman–Crippen LogP) is 4.79. The van der Waals surface area contributed by atoms with Crippen LogP contribution >= 0.6 is 11.3 Å². The van der Waals surface area contributed by atoms with E-state index in [-0.39, 0.29) is 6.04 Å². The molecule has 3 rings (SSSR count). The number of nitrogens with two attached hydrogens (primary N) is 1. The van der Waals surface area contributed by atoms with Crippen molar-refractivity contribution in [3.8, 4) is 0 Å². The second-order valence-electron chi connectivity index (χ2n) is 5.57. The summed E-state index contributed by atoms with van der Waals surface area (Å²) in [6.45, 7) is 0. The van der Waals surface area contributed by atoms with Crippen LogP contribution < -0.4 is 5.73 Å². The van der Waals surface area contributed by atoms with Crippen molar-refractivity contribution in [2.45, 2.75) is 31.7 Å². The van der Waals surface area contributed by atoms with E-state index in [0.717, 1.165) is 19.3 Å². The Morgan fingerprint density at radius 1 is 0.952 bits per heavy atom. The first-order valence-corrected chi connectivity index (χ1v) is 8.45. The molecule has 0 saturated heterocycles. The van der Waals surface area contributed by atoms with Crippen LogP contribution in [0.15, 0.2) is 60.0 Å². The molecule has 108 valence electrons. The Balaban J connectivity index is 1.59. The third-order valence-electron chi connectivity index (χ3n) is 3.94. The molecule has 0 amide bonds. The number of rotatable bonds is 6. The molecule has 0 aliphatic heterocycles. The highest BCUT2D eigenvalue weighted by molar-refractivity contribution is 7.09. The molecule has 0 aliphatic rings. The summed E-state index contributed by atoms with van der Waals surface area (Å²) in [6, 6.07) is 19.6. The van der Waals surface area contributed by atoms with Crippen LogP contribution in [0.5, 0.6) is 0 Å². The van der Waals surface area contributed by atoms with Gasteiger partial charge in [-0.05, 0) is 53.5 Å². The van der Waals surface area contributed by atoms with Crippen LogP contribution in [-0.2, 0) is 12.8 Å². The highest BCUT2D eigenvalue weighted by Gasteiger charge is 2.07. The average Bonchev–Trinajstić information content (AvgIpc) is 3.01. The normalized spacial score (nSPS) is 12.6. The molecule has 1 nitrogen and oxygen atoms in total. The maximum absolute atomic E-state index is 6.34. The van der Waals surface area contributed by atoms with E-state index in [1.807, 2.05) is 11.3 Å². The quantitative estimate of drug-likeness (QED) is 0.695. The molecule has 1 atom stereocenters. The van der Waals surface area contributed by atoms with Crippen LogP contribution in [0.2, 0.25) is 0 Å². The van der Waals surface area contributed by atoms with Crippen LogP contribution in [0.1, 0.15) is 23.3 Å². The van der Waals surface area contributed by atoms with Gasteiger partial charge in [-0.15, -0.1) is 11.3 Å². The van der Waals surface area contributed by atoms with Gasteiger partial charge in [0.2, 0.25) is 0 Å². The second-order valence-corrected chi connectivity index (χ2v) is 6.61. The first-order chi connectivity index (χ1) is 10.3. The molecule has 1 heterocycles. The van der Waals surface area contributed by atoms with Gasteiger partial charge in [-0.1, -0.05) is 48.5 Å². The van der Waals surface area contributed by atoms with Crippen LogP contribution in [0.25, 0.3) is 10.8 Å². The Bertz CT molecular complexity index is 682. The fourth-order valence-corrected chi connectivity index (χ4v) is 3.60. The summed E-state index contributed by atoms with van der Waals surface area (Å²) in [4.78, 5) is 1.47. The summed E-state index contributed by atoms with van der Waals surface area (Å²) >= 11 is 1.84. The molecule has 0 aliphatic carbocycles. The van der Waals surface area contributed by atoms with Crippen molar-refractivity contribution in [3.05, 3.63) is 70.4 Å². The topological polar surface area (TPSA) is 26.0 Å². The minimum Gasteiger partial charge on any atom is -0.327 e. The number of hydrogen-bond donors (Lipinski definition) is 1. The third kappa shape index (κ3) is 3.72. The summed E-state index contributed by atoms with van der Waals surface area (Å²) in [5.74, 6) is 0. The van der Waals surface area contributed by atoms with E-state index >= 15 is 0 Å². The van der Waals surface area contributed by atoms with Gasteiger partial charge in [-0.25, -0.2) is 0 Å². The first kappa shape index (κ1) is 14.3. The molecule has 2 heteroatoms. The molecule has 2 aromatic carbocycles. The molecule has 21 heavy (non-hydrogen) atoms. The Morgan fingerprint density at radius 3 is 2.67 bits per heavy atom. The van der Waals surface area contributed by atoms with Crippen molar-refractivity contribution in [1.29, 1.82) is 0 Å². The van der Waals surface area contributed by atoms with Crippen LogP contribution in [0, 0.1) is 0 Å². The highest BCUT2D eigenvalue weighted by atomic mass is 32.1. The smallest absolute Gasteiger partial charge is 0.00796 e. The zero-order chi connectivity index (χ0) is 14.5. The van der Waals surface area contributed by atoms with Gasteiger partial charge in [-0.2, -0.15) is 0 Å². The van der Waals surface area contributed by atoms with Crippen LogP contribution in [-0.4, -0.2) is 6.04 Å². The molecular weight excluding hydrogens is 274 g/mol. The number of aryl methyl sites for hydroxylation is 1. The third-order valence-corrected chi connectivity index (χ3v) is 4.88. The minimum absolute atomic E-state index is 0.246. The summed E-state index contributed by atoms with van der Waals surface area (Å²) in [5, 5.41) is 4.79. The summed E-state index contributed by atoms with van der Waals surface area (Å²) in [5.41, 5.74) is 7.71. The lowest BCUT2D eigenvalue weighted by Crippen LogP contribution is -2.22. The van der Waals surface area contributed by atoms with Gasteiger partial charge >= 0.3 is 0 Å². The lowest BCUT2D eigenvalue weighted by atomic mass is 9.96. The zero-order valence-electron chi connectivity index (χ0n) is 12.2. The van der Waals surface area contributed by atoms with Crippen LogP contribution in [0.4, 0.5) is 0 Å². The lowest BCUT2D eigenvalue weighted by Gasteiger charge is -2.13. The van der Waals surface area contributed by atoms with E-state index in [2.05, 4.69) is 60.0 Å². The minimum atomic E-state index is 0.246. The first-order valence-electron chi connectivity index (χ1n) is 7.57. The van der Waals surface area contributed by atoms with Gasteiger partial charge in [0, 0.05) is 10.9 Å². The Kier molecular flexibility index (Phi) is 4.69. The van der Waals surface area contributed by atoms with E-state index in [1.165, 1.54) is 27.6 Å². The second kappa shape index (κ2) is 6.88. The van der Waals surface area contributed by atoms with Crippen molar-refractivity contribution >= 4 is 22.1 Å². The number of fused-ring (bicyclic) bond motifs is 1. The van der Waals surface area contributed by atoms with Crippen molar-refractivity contribution in [1.82, 2.24) is 0 Å². The number of benzene rings is 2. The van der Waals surface area contributed by atoms with Gasteiger partial charge in [-0.3, -0.25) is 0 Å². The van der Waals surface area contributed by atoms with E-state index in [4.69, 9.17) is 5.73 Å². The predicted molar refractivity (Wildman–Crippen MR) is 92.9 cm³/mol. The Hall–Kier alpha value is -1.64. The fraction of sp³-hybridized carbons (Fsp3) is 0.263. The Labute approximate surface area is 130 Å².